The number of ether oxygens (including phenoxy) is 1. The van der Waals surface area contributed by atoms with Crippen molar-refractivity contribution in [3.05, 3.63) is 137 Å². The highest BCUT2D eigenvalue weighted by Gasteiger charge is 2.20. The number of carbonyl (C=O) groups excluding carboxylic acids is 1. The molecule has 0 fully saturated rings. The topological polar surface area (TPSA) is 87.1 Å². The summed E-state index contributed by atoms with van der Waals surface area (Å²) in [4.78, 5) is 26.2. The Kier molecular flexibility index (Phi) is 8.85. The number of halogens is 1. The van der Waals surface area contributed by atoms with Crippen LogP contribution in [0.4, 0.5) is 4.39 Å². The van der Waals surface area contributed by atoms with E-state index in [0.29, 0.717) is 12.0 Å². The Morgan fingerprint density at radius 2 is 1.37 bits per heavy atom. The number of carboxylic acid groups (broad SMARTS) is 1. The molecule has 4 aromatic rings. The highest BCUT2D eigenvalue weighted by Crippen LogP contribution is 2.19. The molecule has 0 spiro atoms. The molecule has 1 unspecified atom stereocenters. The number of hydrogen-bond acceptors (Lipinski definition) is 4. The molecule has 0 radical (unpaired) electrons. The van der Waals surface area contributed by atoms with Crippen molar-refractivity contribution in [2.45, 2.75) is 25.7 Å². The summed E-state index contributed by atoms with van der Waals surface area (Å²) in [6.45, 7) is 0.431. The van der Waals surface area contributed by atoms with Crippen LogP contribution < -0.4 is 4.74 Å². The lowest BCUT2D eigenvalue weighted by Gasteiger charge is -2.26. The van der Waals surface area contributed by atoms with Crippen molar-refractivity contribution >= 4 is 11.9 Å². The van der Waals surface area contributed by atoms with Crippen molar-refractivity contribution < 1.29 is 28.9 Å². The molecule has 0 saturated carbocycles. The van der Waals surface area contributed by atoms with Crippen LogP contribution in [0.2, 0.25) is 0 Å². The lowest BCUT2D eigenvalue weighted by Crippen LogP contribution is -2.38. The third kappa shape index (κ3) is 7.27. The molecule has 0 aliphatic carbocycles. The van der Waals surface area contributed by atoms with Crippen LogP contribution in [-0.4, -0.2) is 39.6 Å². The maximum absolute atomic E-state index is 13.8. The molecule has 0 saturated heterocycles. The molecule has 0 aliphatic rings. The van der Waals surface area contributed by atoms with Gasteiger partial charge in [0.15, 0.2) is 11.6 Å². The van der Waals surface area contributed by atoms with Gasteiger partial charge in [-0.1, -0.05) is 66.7 Å². The summed E-state index contributed by atoms with van der Waals surface area (Å²) in [5, 5.41) is 20.0. The van der Waals surface area contributed by atoms with E-state index in [1.54, 1.807) is 59.5 Å². The van der Waals surface area contributed by atoms with Gasteiger partial charge in [0.25, 0.3) is 5.91 Å². The second-order valence-electron chi connectivity index (χ2n) is 8.95. The Hall–Kier alpha value is -4.49. The Bertz CT molecular complexity index is 1360. The van der Waals surface area contributed by atoms with E-state index < -0.39 is 17.9 Å². The van der Waals surface area contributed by atoms with Crippen molar-refractivity contribution in [2.75, 3.05) is 6.54 Å². The summed E-state index contributed by atoms with van der Waals surface area (Å²) in [6.07, 6.45) is -0.414. The summed E-state index contributed by atoms with van der Waals surface area (Å²) in [5.74, 6) is -1.59. The SMILES string of the molecule is O=C(O)c1ccc(CN(CC(O)Cc2ccccc2)C(=O)c2ccc(COc3ccccc3F)cc2)cc1. The highest BCUT2D eigenvalue weighted by atomic mass is 19.1. The van der Waals surface area contributed by atoms with Gasteiger partial charge < -0.3 is 19.8 Å². The van der Waals surface area contributed by atoms with E-state index >= 15 is 0 Å². The number of carbonyl (C=O) groups is 2. The third-order valence-corrected chi connectivity index (χ3v) is 6.04. The number of para-hydroxylation sites is 1. The minimum absolute atomic E-state index is 0.0898. The molecule has 1 amide bonds. The molecule has 194 valence electrons. The molecule has 7 heteroatoms. The van der Waals surface area contributed by atoms with Crippen molar-refractivity contribution in [3.8, 4) is 5.75 Å². The Balaban J connectivity index is 1.47. The predicted octanol–water partition coefficient (Wildman–Crippen LogP) is 5.35. The molecule has 0 heterocycles. The summed E-state index contributed by atoms with van der Waals surface area (Å²) in [5.41, 5.74) is 3.05. The first-order chi connectivity index (χ1) is 18.4. The molecule has 4 rings (SSSR count). The van der Waals surface area contributed by atoms with Gasteiger partial charge in [-0.2, -0.15) is 0 Å². The van der Waals surface area contributed by atoms with Crippen LogP contribution in [0, 0.1) is 5.82 Å². The van der Waals surface area contributed by atoms with Crippen LogP contribution in [0.25, 0.3) is 0 Å². The number of aliphatic hydroxyl groups is 1. The zero-order valence-corrected chi connectivity index (χ0v) is 20.7. The summed E-state index contributed by atoms with van der Waals surface area (Å²) in [6, 6.07) is 28.8. The maximum atomic E-state index is 13.8. The molecule has 1 atom stereocenters. The Labute approximate surface area is 220 Å². The average Bonchev–Trinajstić information content (AvgIpc) is 2.93. The van der Waals surface area contributed by atoms with Crippen LogP contribution in [-0.2, 0) is 19.6 Å². The van der Waals surface area contributed by atoms with Gasteiger partial charge in [0.2, 0.25) is 0 Å². The highest BCUT2D eigenvalue weighted by molar-refractivity contribution is 5.94. The zero-order chi connectivity index (χ0) is 26.9. The number of hydrogen-bond donors (Lipinski definition) is 2. The third-order valence-electron chi connectivity index (χ3n) is 6.04. The van der Waals surface area contributed by atoms with Gasteiger partial charge in [-0.15, -0.1) is 0 Å². The van der Waals surface area contributed by atoms with E-state index in [4.69, 9.17) is 9.84 Å². The molecule has 0 aliphatic heterocycles. The van der Waals surface area contributed by atoms with Gasteiger partial charge in [-0.05, 0) is 53.1 Å². The fourth-order valence-electron chi connectivity index (χ4n) is 4.05. The minimum Gasteiger partial charge on any atom is -0.486 e. The van der Waals surface area contributed by atoms with Crippen LogP contribution in [0.1, 0.15) is 37.4 Å². The van der Waals surface area contributed by atoms with Gasteiger partial charge in [-0.25, -0.2) is 9.18 Å². The van der Waals surface area contributed by atoms with Crippen LogP contribution in [0.15, 0.2) is 103 Å². The molecule has 38 heavy (non-hydrogen) atoms. The summed E-state index contributed by atoms with van der Waals surface area (Å²) < 4.78 is 19.3. The number of carboxylic acids is 1. The molecule has 6 nitrogen and oxygen atoms in total. The quantitative estimate of drug-likeness (QED) is 0.282. The standard InChI is InChI=1S/C31H28FNO5/c32-28-8-4-5-9-29(28)38-21-24-12-14-25(15-13-24)30(35)33(19-23-10-16-26(17-11-23)31(36)37)20-27(34)18-22-6-2-1-3-7-22/h1-17,27,34H,18-21H2,(H,36,37). The van der Waals surface area contributed by atoms with Crippen LogP contribution in [0.3, 0.4) is 0 Å². The van der Waals surface area contributed by atoms with Crippen molar-refractivity contribution in [1.29, 1.82) is 0 Å². The van der Waals surface area contributed by atoms with Crippen LogP contribution >= 0.6 is 0 Å². The summed E-state index contributed by atoms with van der Waals surface area (Å²) >= 11 is 0. The molecule has 2 N–H and O–H groups in total. The number of rotatable bonds is 11. The molecular formula is C31H28FNO5. The first-order valence-electron chi connectivity index (χ1n) is 12.2. The molecule has 4 aromatic carbocycles. The van der Waals surface area contributed by atoms with E-state index in [0.717, 1.165) is 16.7 Å². The Morgan fingerprint density at radius 1 is 0.763 bits per heavy atom. The van der Waals surface area contributed by atoms with E-state index in [1.807, 2.05) is 30.3 Å². The lowest BCUT2D eigenvalue weighted by atomic mass is 10.1. The Morgan fingerprint density at radius 3 is 2.03 bits per heavy atom. The largest absolute Gasteiger partial charge is 0.486 e. The van der Waals surface area contributed by atoms with Crippen molar-refractivity contribution in [2.24, 2.45) is 0 Å². The molecular weight excluding hydrogens is 485 g/mol. The first-order valence-corrected chi connectivity index (χ1v) is 12.2. The maximum Gasteiger partial charge on any atom is 0.335 e. The first kappa shape index (κ1) is 26.6. The fourth-order valence-corrected chi connectivity index (χ4v) is 4.05. The predicted molar refractivity (Wildman–Crippen MR) is 141 cm³/mol. The van der Waals surface area contributed by atoms with Crippen molar-refractivity contribution in [1.82, 2.24) is 4.90 Å². The summed E-state index contributed by atoms with van der Waals surface area (Å²) in [7, 11) is 0. The van der Waals surface area contributed by atoms with E-state index in [-0.39, 0.29) is 36.9 Å². The number of nitrogens with zero attached hydrogens (tertiary/aromatic N) is 1. The molecule has 0 bridgehead atoms. The zero-order valence-electron chi connectivity index (χ0n) is 20.7. The second kappa shape index (κ2) is 12.7. The van der Waals surface area contributed by atoms with Gasteiger partial charge in [-0.3, -0.25) is 4.79 Å². The number of amides is 1. The van der Waals surface area contributed by atoms with Gasteiger partial charge in [0, 0.05) is 25.1 Å². The monoisotopic (exact) mass is 513 g/mol. The van der Waals surface area contributed by atoms with Gasteiger partial charge >= 0.3 is 5.97 Å². The minimum atomic E-state index is -1.03. The van der Waals surface area contributed by atoms with E-state index in [9.17, 15) is 19.1 Å². The van der Waals surface area contributed by atoms with Crippen LogP contribution in [0.5, 0.6) is 5.75 Å². The van der Waals surface area contributed by atoms with Gasteiger partial charge in [0.05, 0.1) is 11.7 Å². The van der Waals surface area contributed by atoms with E-state index in [2.05, 4.69) is 0 Å². The number of benzene rings is 4. The smallest absolute Gasteiger partial charge is 0.335 e. The second-order valence-corrected chi connectivity index (χ2v) is 8.95. The van der Waals surface area contributed by atoms with Crippen molar-refractivity contribution in [3.63, 3.8) is 0 Å². The number of aromatic carboxylic acids is 1. The van der Waals surface area contributed by atoms with Gasteiger partial charge in [0.1, 0.15) is 6.61 Å². The average molecular weight is 514 g/mol. The fraction of sp³-hybridized carbons (Fsp3) is 0.161. The molecule has 0 aromatic heterocycles. The lowest BCUT2D eigenvalue weighted by molar-refractivity contribution is 0.0604. The number of aliphatic hydroxyl groups excluding tert-OH is 1. The van der Waals surface area contributed by atoms with E-state index in [1.165, 1.54) is 18.2 Å². The normalized spacial score (nSPS) is 11.5.